The van der Waals surface area contributed by atoms with Crippen LogP contribution in [0, 0.1) is 5.82 Å². The lowest BCUT2D eigenvalue weighted by molar-refractivity contribution is -0.119. The lowest BCUT2D eigenvalue weighted by Crippen LogP contribution is -2.40. The van der Waals surface area contributed by atoms with E-state index in [4.69, 9.17) is 0 Å². The fourth-order valence-corrected chi connectivity index (χ4v) is 2.21. The zero-order chi connectivity index (χ0) is 16.4. The van der Waals surface area contributed by atoms with E-state index >= 15 is 0 Å². The summed E-state index contributed by atoms with van der Waals surface area (Å²) in [5, 5.41) is 0. The Morgan fingerprint density at radius 1 is 1.32 bits per heavy atom. The molecule has 0 radical (unpaired) electrons. The maximum absolute atomic E-state index is 13.9. The van der Waals surface area contributed by atoms with Gasteiger partial charge in [-0.2, -0.15) is 0 Å². The fraction of sp³-hybridized carbons (Fsp3) is 0.214. The van der Waals surface area contributed by atoms with Gasteiger partial charge in [0.05, 0.1) is 5.69 Å². The molecule has 0 aliphatic carbocycles. The third kappa shape index (κ3) is 3.16. The lowest BCUT2D eigenvalue weighted by Gasteiger charge is -2.18. The van der Waals surface area contributed by atoms with Crippen molar-refractivity contribution in [2.45, 2.75) is 6.54 Å². The van der Waals surface area contributed by atoms with Gasteiger partial charge in [0.2, 0.25) is 5.91 Å². The molecule has 0 fully saturated rings. The van der Waals surface area contributed by atoms with Crippen molar-refractivity contribution >= 4 is 27.5 Å². The van der Waals surface area contributed by atoms with Crippen LogP contribution < -0.4 is 16.1 Å². The summed E-state index contributed by atoms with van der Waals surface area (Å²) in [6, 6.07) is 5.51. The van der Waals surface area contributed by atoms with Crippen molar-refractivity contribution < 1.29 is 9.18 Å². The third-order valence-electron chi connectivity index (χ3n) is 3.21. The fourth-order valence-electron chi connectivity index (χ4n) is 1.88. The Morgan fingerprint density at radius 2 is 2.00 bits per heavy atom. The molecule has 6 nitrogen and oxygen atoms in total. The number of rotatable bonds is 3. The summed E-state index contributed by atoms with van der Waals surface area (Å²) in [5.74, 6) is -1.04. The zero-order valence-corrected chi connectivity index (χ0v) is 13.5. The number of carbonyl (C=O) groups is 1. The Morgan fingerprint density at radius 3 is 2.64 bits per heavy atom. The van der Waals surface area contributed by atoms with Gasteiger partial charge < -0.3 is 4.90 Å². The van der Waals surface area contributed by atoms with E-state index in [1.807, 2.05) is 0 Å². The van der Waals surface area contributed by atoms with Gasteiger partial charge >= 0.3 is 5.69 Å². The third-order valence-corrected chi connectivity index (χ3v) is 3.70. The molecule has 1 aromatic carbocycles. The molecule has 8 heteroatoms. The first-order chi connectivity index (χ1) is 10.3. The standard InChI is InChI=1S/C14H13BrFN3O3/c1-17(11-4-3-9(15)7-10(11)16)13(21)8-19-6-5-12(20)18(2)14(19)22/h3-7H,8H2,1-2H3. The van der Waals surface area contributed by atoms with Crippen LogP contribution in [0.15, 0.2) is 44.5 Å². The largest absolute Gasteiger partial charge is 0.331 e. The number of hydrogen-bond donors (Lipinski definition) is 0. The summed E-state index contributed by atoms with van der Waals surface area (Å²) in [7, 11) is 2.74. The number of likely N-dealkylation sites (N-methyl/N-ethyl adjacent to an activating group) is 1. The van der Waals surface area contributed by atoms with Crippen LogP contribution in [0.5, 0.6) is 0 Å². The number of amides is 1. The van der Waals surface area contributed by atoms with E-state index in [1.54, 1.807) is 6.07 Å². The van der Waals surface area contributed by atoms with E-state index < -0.39 is 23.0 Å². The molecule has 0 saturated heterocycles. The number of halogens is 2. The first kappa shape index (κ1) is 16.2. The van der Waals surface area contributed by atoms with Crippen LogP contribution in [0.3, 0.4) is 0 Å². The van der Waals surface area contributed by atoms with Gasteiger partial charge in [-0.15, -0.1) is 0 Å². The highest BCUT2D eigenvalue weighted by Gasteiger charge is 2.16. The van der Waals surface area contributed by atoms with Gasteiger partial charge in [-0.25, -0.2) is 9.18 Å². The molecule has 0 aliphatic rings. The van der Waals surface area contributed by atoms with Crippen molar-refractivity contribution in [2.75, 3.05) is 11.9 Å². The van der Waals surface area contributed by atoms with Crippen molar-refractivity contribution in [3.63, 3.8) is 0 Å². The molecule has 0 bridgehead atoms. The van der Waals surface area contributed by atoms with Crippen LogP contribution in [0.1, 0.15) is 0 Å². The monoisotopic (exact) mass is 369 g/mol. The minimum Gasteiger partial charge on any atom is -0.311 e. The van der Waals surface area contributed by atoms with Crippen molar-refractivity contribution in [1.29, 1.82) is 0 Å². The minimum atomic E-state index is -0.606. The quantitative estimate of drug-likeness (QED) is 0.813. The van der Waals surface area contributed by atoms with Crippen LogP contribution in [-0.4, -0.2) is 22.1 Å². The van der Waals surface area contributed by atoms with Gasteiger partial charge in [0.25, 0.3) is 5.56 Å². The Hall–Kier alpha value is -2.22. The Bertz CT molecular complexity index is 844. The van der Waals surface area contributed by atoms with E-state index in [0.717, 1.165) is 14.0 Å². The van der Waals surface area contributed by atoms with Gasteiger partial charge in [0, 0.05) is 30.8 Å². The molecule has 2 rings (SSSR count). The van der Waals surface area contributed by atoms with Crippen LogP contribution in [0.2, 0.25) is 0 Å². The van der Waals surface area contributed by atoms with Crippen molar-refractivity contribution in [2.24, 2.45) is 7.05 Å². The summed E-state index contributed by atoms with van der Waals surface area (Å²) < 4.78 is 16.4. The molecule has 0 saturated carbocycles. The average Bonchev–Trinajstić information content (AvgIpc) is 2.47. The van der Waals surface area contributed by atoms with E-state index in [2.05, 4.69) is 15.9 Å². The lowest BCUT2D eigenvalue weighted by atomic mass is 10.3. The van der Waals surface area contributed by atoms with Crippen LogP contribution in [0.25, 0.3) is 0 Å². The zero-order valence-electron chi connectivity index (χ0n) is 11.9. The second kappa shape index (κ2) is 6.27. The van der Waals surface area contributed by atoms with Crippen molar-refractivity contribution in [3.05, 3.63) is 61.6 Å². The molecular formula is C14H13BrFN3O3. The SMILES string of the molecule is CN(C(=O)Cn1ccc(=O)n(C)c1=O)c1ccc(Br)cc1F. The van der Waals surface area contributed by atoms with E-state index in [0.29, 0.717) is 4.47 Å². The molecule has 0 aliphatic heterocycles. The molecule has 1 amide bonds. The predicted molar refractivity (Wildman–Crippen MR) is 83.5 cm³/mol. The highest BCUT2D eigenvalue weighted by molar-refractivity contribution is 9.10. The highest BCUT2D eigenvalue weighted by atomic mass is 79.9. The number of anilines is 1. The number of carbonyl (C=O) groups excluding carboxylic acids is 1. The van der Waals surface area contributed by atoms with E-state index in [1.165, 1.54) is 38.5 Å². The first-order valence-electron chi connectivity index (χ1n) is 6.29. The topological polar surface area (TPSA) is 64.3 Å². The summed E-state index contributed by atoms with van der Waals surface area (Å²) in [6.45, 7) is -0.293. The molecule has 1 aromatic heterocycles. The molecule has 116 valence electrons. The molecular weight excluding hydrogens is 357 g/mol. The second-order valence-electron chi connectivity index (χ2n) is 4.67. The van der Waals surface area contributed by atoms with Gasteiger partial charge in [-0.3, -0.25) is 18.7 Å². The molecule has 22 heavy (non-hydrogen) atoms. The number of nitrogens with zero attached hydrogens (tertiary/aromatic N) is 3. The Kier molecular flexibility index (Phi) is 4.60. The van der Waals surface area contributed by atoms with E-state index in [9.17, 15) is 18.8 Å². The van der Waals surface area contributed by atoms with E-state index in [-0.39, 0.29) is 12.2 Å². The summed E-state index contributed by atoms with van der Waals surface area (Å²) in [4.78, 5) is 36.5. The predicted octanol–water partition coefficient (Wildman–Crippen LogP) is 1.11. The van der Waals surface area contributed by atoms with Crippen molar-refractivity contribution in [1.82, 2.24) is 9.13 Å². The summed E-state index contributed by atoms with van der Waals surface area (Å²) >= 11 is 3.14. The molecule has 0 atom stereocenters. The first-order valence-corrected chi connectivity index (χ1v) is 7.08. The van der Waals surface area contributed by atoms with Gasteiger partial charge in [-0.1, -0.05) is 15.9 Å². The normalized spacial score (nSPS) is 10.5. The smallest absolute Gasteiger partial charge is 0.311 e. The van der Waals surface area contributed by atoms with Gasteiger partial charge in [0.1, 0.15) is 12.4 Å². The molecule has 0 spiro atoms. The van der Waals surface area contributed by atoms with Gasteiger partial charge in [0.15, 0.2) is 0 Å². The van der Waals surface area contributed by atoms with Crippen LogP contribution in [0.4, 0.5) is 10.1 Å². The van der Waals surface area contributed by atoms with Crippen LogP contribution >= 0.6 is 15.9 Å². The van der Waals surface area contributed by atoms with Crippen LogP contribution in [-0.2, 0) is 18.4 Å². The maximum atomic E-state index is 13.9. The number of hydrogen-bond acceptors (Lipinski definition) is 3. The molecule has 0 unspecified atom stereocenters. The highest BCUT2D eigenvalue weighted by Crippen LogP contribution is 2.22. The Balaban J connectivity index is 2.27. The second-order valence-corrected chi connectivity index (χ2v) is 5.59. The average molecular weight is 370 g/mol. The van der Waals surface area contributed by atoms with Gasteiger partial charge in [-0.05, 0) is 18.2 Å². The summed E-state index contributed by atoms with van der Waals surface area (Å²) in [6.07, 6.45) is 1.24. The number of benzene rings is 1. The van der Waals surface area contributed by atoms with Crippen molar-refractivity contribution in [3.8, 4) is 0 Å². The maximum Gasteiger partial charge on any atom is 0.331 e. The molecule has 0 N–H and O–H groups in total. The molecule has 2 aromatic rings. The number of aromatic nitrogens is 2. The Labute approximate surface area is 133 Å². The minimum absolute atomic E-state index is 0.103. The molecule has 1 heterocycles. The summed E-state index contributed by atoms with van der Waals surface area (Å²) in [5.41, 5.74) is -0.961.